The van der Waals surface area contributed by atoms with Crippen LogP contribution in [0.15, 0.2) is 59.7 Å². The first kappa shape index (κ1) is 24.9. The lowest BCUT2D eigenvalue weighted by atomic mass is 9.95. The van der Waals surface area contributed by atoms with E-state index in [2.05, 4.69) is 58.9 Å². The van der Waals surface area contributed by atoms with E-state index in [1.54, 1.807) is 0 Å². The number of phenols is 2. The van der Waals surface area contributed by atoms with Gasteiger partial charge in [0.2, 0.25) is 0 Å². The van der Waals surface area contributed by atoms with Crippen molar-refractivity contribution < 1.29 is 10.2 Å². The van der Waals surface area contributed by atoms with Gasteiger partial charge < -0.3 is 10.2 Å². The van der Waals surface area contributed by atoms with Crippen LogP contribution in [0, 0.1) is 5.92 Å². The quantitative estimate of drug-likeness (QED) is 0.186. The summed E-state index contributed by atoms with van der Waals surface area (Å²) in [5.74, 6) is 1.23. The molecule has 3 aromatic rings. The van der Waals surface area contributed by atoms with Crippen LogP contribution in [0.4, 0.5) is 0 Å². The average molecular weight is 445 g/mol. The minimum atomic E-state index is 0.266. The van der Waals surface area contributed by atoms with Crippen molar-refractivity contribution in [1.29, 1.82) is 0 Å². The predicted molar refractivity (Wildman–Crippen MR) is 143 cm³/mol. The van der Waals surface area contributed by atoms with Crippen LogP contribution < -0.4 is 0 Å². The number of allylic oxidation sites excluding steroid dienone is 4. The molecule has 3 aromatic carbocycles. The highest BCUT2D eigenvalue weighted by atomic mass is 16.3. The number of phenolic OH excluding ortho intramolecular Hbond substituents is 2. The lowest BCUT2D eigenvalue weighted by Crippen LogP contribution is -1.92. The molecule has 0 atom stereocenters. The summed E-state index contributed by atoms with van der Waals surface area (Å²) in [6.45, 7) is 11.0. The van der Waals surface area contributed by atoms with Gasteiger partial charge in [0.15, 0.2) is 0 Å². The van der Waals surface area contributed by atoms with Crippen LogP contribution in [0.25, 0.3) is 21.5 Å². The molecule has 0 aliphatic rings. The fourth-order valence-electron chi connectivity index (χ4n) is 4.48. The van der Waals surface area contributed by atoms with E-state index < -0.39 is 0 Å². The molecule has 2 heteroatoms. The number of aromatic hydroxyl groups is 2. The van der Waals surface area contributed by atoms with Gasteiger partial charge >= 0.3 is 0 Å². The molecule has 2 N–H and O–H groups in total. The van der Waals surface area contributed by atoms with E-state index in [0.29, 0.717) is 5.92 Å². The van der Waals surface area contributed by atoms with Crippen LogP contribution in [0.3, 0.4) is 0 Å². The molecule has 176 valence electrons. The minimum absolute atomic E-state index is 0.266. The van der Waals surface area contributed by atoms with Crippen molar-refractivity contribution in [2.75, 3.05) is 0 Å². The first-order valence-electron chi connectivity index (χ1n) is 12.4. The largest absolute Gasteiger partial charge is 0.507 e. The summed E-state index contributed by atoms with van der Waals surface area (Å²) in [6, 6.07) is 12.1. The highest BCUT2D eigenvalue weighted by Crippen LogP contribution is 2.42. The molecule has 0 unspecified atom stereocenters. The van der Waals surface area contributed by atoms with Crippen LogP contribution >= 0.6 is 0 Å². The zero-order valence-electron chi connectivity index (χ0n) is 21.0. The van der Waals surface area contributed by atoms with Crippen LogP contribution in [0.5, 0.6) is 11.5 Å². The smallest absolute Gasteiger partial charge is 0.131 e. The van der Waals surface area contributed by atoms with E-state index >= 15 is 0 Å². The van der Waals surface area contributed by atoms with Crippen LogP contribution in [-0.2, 0) is 12.8 Å². The van der Waals surface area contributed by atoms with Gasteiger partial charge in [0.25, 0.3) is 0 Å². The molecule has 0 saturated carbocycles. The van der Waals surface area contributed by atoms with Crippen LogP contribution in [0.2, 0.25) is 0 Å². The highest BCUT2D eigenvalue weighted by Gasteiger charge is 2.14. The monoisotopic (exact) mass is 444 g/mol. The maximum atomic E-state index is 11.0. The second kappa shape index (κ2) is 11.4. The van der Waals surface area contributed by atoms with Gasteiger partial charge in [-0.05, 0) is 88.5 Å². The minimum Gasteiger partial charge on any atom is -0.507 e. The lowest BCUT2D eigenvalue weighted by molar-refractivity contribution is 0.478. The van der Waals surface area contributed by atoms with E-state index in [0.717, 1.165) is 60.1 Å². The molecule has 0 saturated heterocycles. The predicted octanol–water partition coefficient (Wildman–Crippen LogP) is 9.01. The summed E-state index contributed by atoms with van der Waals surface area (Å²) < 4.78 is 0. The third-order valence-electron chi connectivity index (χ3n) is 6.45. The Bertz CT molecular complexity index is 1160. The van der Waals surface area contributed by atoms with E-state index in [-0.39, 0.29) is 11.5 Å². The van der Waals surface area contributed by atoms with Crippen LogP contribution in [-0.4, -0.2) is 10.2 Å². The molecule has 0 spiro atoms. The number of hydrogen-bond donors (Lipinski definition) is 2. The van der Waals surface area contributed by atoms with E-state index in [1.165, 1.54) is 28.7 Å². The number of rotatable bonds is 10. The molecule has 2 nitrogen and oxygen atoms in total. The number of aryl methyl sites for hydroxylation is 2. The normalized spacial score (nSPS) is 12.1. The van der Waals surface area contributed by atoms with E-state index in [9.17, 15) is 10.2 Å². The molecule has 0 bridgehead atoms. The Balaban J connectivity index is 1.79. The van der Waals surface area contributed by atoms with E-state index in [4.69, 9.17) is 0 Å². The second-order valence-corrected chi connectivity index (χ2v) is 10.2. The lowest BCUT2D eigenvalue weighted by Gasteiger charge is -2.13. The molecule has 0 heterocycles. The molecule has 33 heavy (non-hydrogen) atoms. The van der Waals surface area contributed by atoms with Crippen molar-refractivity contribution in [3.63, 3.8) is 0 Å². The Hall–Kier alpha value is -2.74. The summed E-state index contributed by atoms with van der Waals surface area (Å²) >= 11 is 0. The van der Waals surface area contributed by atoms with Crippen LogP contribution in [0.1, 0.15) is 77.8 Å². The molecule has 0 radical (unpaired) electrons. The van der Waals surface area contributed by atoms with Gasteiger partial charge in [0.05, 0.1) is 0 Å². The summed E-state index contributed by atoms with van der Waals surface area (Å²) in [7, 11) is 0. The molecular weight excluding hydrogens is 404 g/mol. The Morgan fingerprint density at radius 3 is 1.88 bits per heavy atom. The van der Waals surface area contributed by atoms with Gasteiger partial charge in [-0.3, -0.25) is 0 Å². The molecule has 3 rings (SSSR count). The molecular formula is C31H40O2. The Labute approximate surface area is 199 Å². The maximum absolute atomic E-state index is 11.0. The summed E-state index contributed by atoms with van der Waals surface area (Å²) in [4.78, 5) is 0. The molecule has 0 fully saturated rings. The maximum Gasteiger partial charge on any atom is 0.131 e. The van der Waals surface area contributed by atoms with Crippen molar-refractivity contribution in [2.24, 2.45) is 5.92 Å². The van der Waals surface area contributed by atoms with Crippen molar-refractivity contribution in [1.82, 2.24) is 0 Å². The fourth-order valence-corrected chi connectivity index (χ4v) is 4.48. The van der Waals surface area contributed by atoms with E-state index in [1.807, 2.05) is 24.3 Å². The summed E-state index contributed by atoms with van der Waals surface area (Å²) in [6.07, 6.45) is 12.0. The number of hydrogen-bond acceptors (Lipinski definition) is 2. The third-order valence-corrected chi connectivity index (χ3v) is 6.45. The standard InChI is InChI=1S/C31H40O2/c1-21(2)9-6-11-23(5)12-8-14-25-16-18-27-29(20-25)31(33)26-17-15-24(13-7-10-22(3)4)19-28(26)30(27)32/h9,12,15-20,22,32-33H,6-8,10-11,13-14H2,1-5H3. The molecule has 0 amide bonds. The summed E-state index contributed by atoms with van der Waals surface area (Å²) in [5, 5.41) is 24.9. The average Bonchev–Trinajstić information content (AvgIpc) is 2.77. The van der Waals surface area contributed by atoms with Gasteiger partial charge in [-0.15, -0.1) is 0 Å². The van der Waals surface area contributed by atoms with Crippen molar-refractivity contribution in [2.45, 2.75) is 79.6 Å². The van der Waals surface area contributed by atoms with Crippen molar-refractivity contribution >= 4 is 21.5 Å². The Morgan fingerprint density at radius 1 is 0.758 bits per heavy atom. The SMILES string of the molecule is CC(C)=CCCC(C)=CCCc1ccc2c(O)c3cc(CCCC(C)C)ccc3c(O)c2c1. The zero-order chi connectivity index (χ0) is 24.0. The number of fused-ring (bicyclic) bond motifs is 2. The van der Waals surface area contributed by atoms with Crippen molar-refractivity contribution in [3.8, 4) is 11.5 Å². The zero-order valence-corrected chi connectivity index (χ0v) is 21.0. The van der Waals surface area contributed by atoms with Gasteiger partial charge in [-0.2, -0.15) is 0 Å². The first-order valence-corrected chi connectivity index (χ1v) is 12.4. The topological polar surface area (TPSA) is 40.5 Å². The molecule has 0 aliphatic heterocycles. The summed E-state index contributed by atoms with van der Waals surface area (Å²) in [5.41, 5.74) is 5.18. The third kappa shape index (κ3) is 6.63. The van der Waals surface area contributed by atoms with Gasteiger partial charge in [0, 0.05) is 21.5 Å². The van der Waals surface area contributed by atoms with Gasteiger partial charge in [0.1, 0.15) is 11.5 Å². The fraction of sp³-hybridized carbons (Fsp3) is 0.419. The molecule has 0 aromatic heterocycles. The van der Waals surface area contributed by atoms with Crippen molar-refractivity contribution in [3.05, 3.63) is 70.8 Å². The Kier molecular flexibility index (Phi) is 8.61. The Morgan fingerprint density at radius 2 is 1.33 bits per heavy atom. The van der Waals surface area contributed by atoms with Gasteiger partial charge in [-0.1, -0.05) is 67.8 Å². The highest BCUT2D eigenvalue weighted by molar-refractivity contribution is 6.10. The number of benzene rings is 3. The van der Waals surface area contributed by atoms with Gasteiger partial charge in [-0.25, -0.2) is 0 Å². The first-order chi connectivity index (χ1) is 15.8. The molecule has 0 aliphatic carbocycles. The second-order valence-electron chi connectivity index (χ2n) is 10.2.